The third-order valence-electron chi connectivity index (χ3n) is 7.16. The second-order valence-corrected chi connectivity index (χ2v) is 11.0. The van der Waals surface area contributed by atoms with Crippen molar-refractivity contribution < 1.29 is 53.5 Å². The minimum Gasteiger partial charge on any atom is -0.459 e. The summed E-state index contributed by atoms with van der Waals surface area (Å²) in [6.45, 7) is 4.62. The van der Waals surface area contributed by atoms with E-state index in [1.807, 2.05) is 0 Å². The molecule has 1 aromatic carbocycles. The maximum atomic E-state index is 13.5. The topological polar surface area (TPSA) is 253 Å². The molecule has 0 aromatic heterocycles. The Labute approximate surface area is 261 Å². The molecule has 1 aliphatic heterocycles. The fraction of sp³-hybridized carbons (Fsp3) is 0.621. The summed E-state index contributed by atoms with van der Waals surface area (Å²) in [5.74, 6) is -3.44. The van der Waals surface area contributed by atoms with Gasteiger partial charge in [-0.2, -0.15) is 0 Å². The zero-order valence-electron chi connectivity index (χ0n) is 25.8. The molecule has 9 N–H and O–H groups in total. The van der Waals surface area contributed by atoms with Crippen LogP contribution in [-0.4, -0.2) is 118 Å². The van der Waals surface area contributed by atoms with Crippen molar-refractivity contribution in [3.8, 4) is 0 Å². The quantitative estimate of drug-likeness (QED) is 0.0919. The van der Waals surface area contributed by atoms with Crippen LogP contribution in [0, 0.1) is 0 Å². The molecule has 16 heteroatoms. The van der Waals surface area contributed by atoms with E-state index in [4.69, 9.17) is 25.7 Å². The Hall–Kier alpha value is -3.67. The molecule has 1 fully saturated rings. The lowest BCUT2D eigenvalue weighted by molar-refractivity contribution is -0.268. The summed E-state index contributed by atoms with van der Waals surface area (Å²) in [5, 5.41) is 35.7. The van der Waals surface area contributed by atoms with Crippen LogP contribution in [0.15, 0.2) is 30.3 Å². The molecule has 0 spiro atoms. The molecule has 45 heavy (non-hydrogen) atoms. The van der Waals surface area contributed by atoms with E-state index in [1.165, 1.54) is 27.7 Å². The van der Waals surface area contributed by atoms with E-state index in [-0.39, 0.29) is 26.0 Å². The van der Waals surface area contributed by atoms with Crippen molar-refractivity contribution in [2.75, 3.05) is 13.2 Å². The molecule has 1 heterocycles. The normalized spacial score (nSPS) is 24.0. The molecular formula is C29H45N5O11. The fourth-order valence-corrected chi connectivity index (χ4v) is 4.68. The van der Waals surface area contributed by atoms with Gasteiger partial charge < -0.3 is 56.5 Å². The van der Waals surface area contributed by atoms with Crippen LogP contribution in [0.5, 0.6) is 0 Å². The molecule has 0 aliphatic carbocycles. The number of hydrogen-bond donors (Lipinski definition) is 7. The molecule has 252 valence electrons. The van der Waals surface area contributed by atoms with Crippen molar-refractivity contribution in [1.82, 2.24) is 15.5 Å². The Kier molecular flexibility index (Phi) is 14.8. The molecule has 1 unspecified atom stereocenters. The van der Waals surface area contributed by atoms with Gasteiger partial charge in [0.25, 0.3) is 0 Å². The third kappa shape index (κ3) is 11.3. The second-order valence-electron chi connectivity index (χ2n) is 11.0. The van der Waals surface area contributed by atoms with Crippen molar-refractivity contribution in [2.45, 2.75) is 102 Å². The standard InChI is InChI=1S/C29H45N5O11/c1-15(44-25-23(32-18(4)36)29(42)45-21(13-35)24(25)38)12-34(17(3)28(41)43-14-19-8-6-5-7-9-19)22(37)11-10-20(26(31)39)33-27(40)16(2)30/h5-9,15-17,20-21,23-25,29,35,38,42H,10-14,30H2,1-4H3,(H2,31,39)(H,32,36)(H,33,40)/t15?,16-,17-,20+,21+,23+,24+,25+,29-/m0/s1. The molecule has 0 radical (unpaired) electrons. The zero-order valence-corrected chi connectivity index (χ0v) is 25.8. The molecule has 4 amide bonds. The molecule has 1 aliphatic rings. The first kappa shape index (κ1) is 37.5. The Morgan fingerprint density at radius 2 is 1.73 bits per heavy atom. The Bertz CT molecular complexity index is 1150. The number of benzene rings is 1. The largest absolute Gasteiger partial charge is 0.459 e. The monoisotopic (exact) mass is 639 g/mol. The predicted molar refractivity (Wildman–Crippen MR) is 157 cm³/mol. The summed E-state index contributed by atoms with van der Waals surface area (Å²) in [7, 11) is 0. The Morgan fingerprint density at radius 1 is 1.09 bits per heavy atom. The minimum absolute atomic E-state index is 0.0573. The number of nitrogens with zero attached hydrogens (tertiary/aromatic N) is 1. The number of nitrogens with two attached hydrogens (primary N) is 2. The lowest BCUT2D eigenvalue weighted by Crippen LogP contribution is -2.65. The Balaban J connectivity index is 2.26. The van der Waals surface area contributed by atoms with Crippen molar-refractivity contribution in [2.24, 2.45) is 11.5 Å². The maximum Gasteiger partial charge on any atom is 0.328 e. The molecule has 1 saturated heterocycles. The maximum absolute atomic E-state index is 13.5. The van der Waals surface area contributed by atoms with E-state index in [0.29, 0.717) is 0 Å². The van der Waals surface area contributed by atoms with E-state index < -0.39 is 91.1 Å². The van der Waals surface area contributed by atoms with Gasteiger partial charge in [0, 0.05) is 19.9 Å². The van der Waals surface area contributed by atoms with Crippen LogP contribution in [0.25, 0.3) is 0 Å². The van der Waals surface area contributed by atoms with Gasteiger partial charge in [-0.3, -0.25) is 19.2 Å². The first-order valence-electron chi connectivity index (χ1n) is 14.6. The fourth-order valence-electron chi connectivity index (χ4n) is 4.68. The van der Waals surface area contributed by atoms with Crippen LogP contribution in [0.4, 0.5) is 0 Å². The summed E-state index contributed by atoms with van der Waals surface area (Å²) in [6.07, 6.45) is -7.08. The van der Waals surface area contributed by atoms with Crippen LogP contribution in [0.1, 0.15) is 46.1 Å². The predicted octanol–water partition coefficient (Wildman–Crippen LogP) is -2.61. The summed E-state index contributed by atoms with van der Waals surface area (Å²) in [6, 6.07) is 4.35. The number of ether oxygens (including phenoxy) is 3. The average molecular weight is 640 g/mol. The molecule has 2 rings (SSSR count). The van der Waals surface area contributed by atoms with Gasteiger partial charge in [0.2, 0.25) is 23.6 Å². The summed E-state index contributed by atoms with van der Waals surface area (Å²) >= 11 is 0. The second kappa shape index (κ2) is 17.7. The molecule has 0 saturated carbocycles. The van der Waals surface area contributed by atoms with Crippen molar-refractivity contribution in [3.05, 3.63) is 35.9 Å². The van der Waals surface area contributed by atoms with E-state index >= 15 is 0 Å². The number of rotatable bonds is 16. The summed E-state index contributed by atoms with van der Waals surface area (Å²) in [4.78, 5) is 63.6. The number of hydrogen-bond acceptors (Lipinski definition) is 12. The SMILES string of the molecule is CC(=O)N[C@@H]1[C@@H](OC(C)CN(C(=O)CC[C@@H](NC(=O)[C@H](C)N)C(N)=O)[C@@H](C)C(=O)OCc2ccccc2)[C@H](O)[C@@H](CO)O[C@@H]1O. The lowest BCUT2D eigenvalue weighted by atomic mass is 9.96. The number of primary amides is 1. The molecule has 1 aromatic rings. The van der Waals surface area contributed by atoms with Gasteiger partial charge in [-0.15, -0.1) is 0 Å². The zero-order chi connectivity index (χ0) is 33.8. The van der Waals surface area contributed by atoms with E-state index in [0.717, 1.165) is 10.5 Å². The van der Waals surface area contributed by atoms with E-state index in [2.05, 4.69) is 10.6 Å². The van der Waals surface area contributed by atoms with Crippen LogP contribution >= 0.6 is 0 Å². The van der Waals surface area contributed by atoms with Crippen LogP contribution in [0.3, 0.4) is 0 Å². The molecule has 0 bridgehead atoms. The van der Waals surface area contributed by atoms with Gasteiger partial charge in [-0.05, 0) is 32.8 Å². The van der Waals surface area contributed by atoms with Gasteiger partial charge in [0.05, 0.1) is 18.8 Å². The molecule has 9 atom stereocenters. The number of aliphatic hydroxyl groups is 3. The van der Waals surface area contributed by atoms with Crippen LogP contribution in [-0.2, 0) is 44.8 Å². The summed E-state index contributed by atoms with van der Waals surface area (Å²) in [5.41, 5.74) is 11.7. The number of aliphatic hydroxyl groups excluding tert-OH is 3. The van der Waals surface area contributed by atoms with Gasteiger partial charge in [0.1, 0.15) is 43.0 Å². The number of carbonyl (C=O) groups is 5. The van der Waals surface area contributed by atoms with Gasteiger partial charge in [-0.1, -0.05) is 30.3 Å². The van der Waals surface area contributed by atoms with Gasteiger partial charge >= 0.3 is 5.97 Å². The van der Waals surface area contributed by atoms with E-state index in [1.54, 1.807) is 30.3 Å². The number of carbonyl (C=O) groups excluding carboxylic acids is 5. The highest BCUT2D eigenvalue weighted by atomic mass is 16.6. The first-order valence-corrected chi connectivity index (χ1v) is 14.6. The highest BCUT2D eigenvalue weighted by molar-refractivity contribution is 5.89. The third-order valence-corrected chi connectivity index (χ3v) is 7.16. The Morgan fingerprint density at radius 3 is 2.29 bits per heavy atom. The highest BCUT2D eigenvalue weighted by Gasteiger charge is 2.46. The van der Waals surface area contributed by atoms with Crippen molar-refractivity contribution in [3.63, 3.8) is 0 Å². The lowest BCUT2D eigenvalue weighted by Gasteiger charge is -2.43. The van der Waals surface area contributed by atoms with Crippen LogP contribution < -0.4 is 22.1 Å². The van der Waals surface area contributed by atoms with Crippen molar-refractivity contribution in [1.29, 1.82) is 0 Å². The highest BCUT2D eigenvalue weighted by Crippen LogP contribution is 2.24. The van der Waals surface area contributed by atoms with E-state index in [9.17, 15) is 39.3 Å². The first-order chi connectivity index (χ1) is 21.2. The minimum atomic E-state index is -1.63. The van der Waals surface area contributed by atoms with Crippen molar-refractivity contribution >= 4 is 29.6 Å². The average Bonchev–Trinajstić information content (AvgIpc) is 2.99. The molecule has 16 nitrogen and oxygen atoms in total. The number of amides is 4. The van der Waals surface area contributed by atoms with Gasteiger partial charge in [-0.25, -0.2) is 4.79 Å². The summed E-state index contributed by atoms with van der Waals surface area (Å²) < 4.78 is 16.6. The van der Waals surface area contributed by atoms with Crippen LogP contribution in [0.2, 0.25) is 0 Å². The number of nitrogens with one attached hydrogen (secondary N) is 2. The molecular weight excluding hydrogens is 594 g/mol. The van der Waals surface area contributed by atoms with Gasteiger partial charge in [0.15, 0.2) is 6.29 Å². The number of esters is 1. The smallest absolute Gasteiger partial charge is 0.328 e.